The van der Waals surface area contributed by atoms with Crippen molar-refractivity contribution in [2.45, 2.75) is 37.3 Å². The average molecular weight is 499 g/mol. The lowest BCUT2D eigenvalue weighted by Gasteiger charge is -2.34. The second-order valence-corrected chi connectivity index (χ2v) is 10.1. The van der Waals surface area contributed by atoms with Gasteiger partial charge in [-0.15, -0.1) is 0 Å². The van der Waals surface area contributed by atoms with Gasteiger partial charge < -0.3 is 10.0 Å². The van der Waals surface area contributed by atoms with Gasteiger partial charge in [-0.1, -0.05) is 24.3 Å². The zero-order valence-electron chi connectivity index (χ0n) is 18.5. The zero-order valence-corrected chi connectivity index (χ0v) is 19.3. The maximum atomic E-state index is 13.5. The SMILES string of the molecule is Cc1ccc(C(F)(F)F)cc1N(CC(=O)N1CCCC(CC(=O)O)C1)S(=O)(=O)c1ccccc1. The Morgan fingerprint density at radius 2 is 1.82 bits per heavy atom. The van der Waals surface area contributed by atoms with Gasteiger partial charge in [0.2, 0.25) is 5.91 Å². The molecule has 0 saturated carbocycles. The molecular formula is C23H25F3N2O5S. The van der Waals surface area contributed by atoms with Crippen LogP contribution < -0.4 is 4.31 Å². The Kier molecular flexibility index (Phi) is 7.54. The molecule has 1 N–H and O–H groups in total. The zero-order chi connectivity index (χ0) is 25.1. The smallest absolute Gasteiger partial charge is 0.416 e. The fourth-order valence-corrected chi connectivity index (χ4v) is 5.49. The fraction of sp³-hybridized carbons (Fsp3) is 0.391. The fourth-order valence-electron chi connectivity index (χ4n) is 4.00. The number of anilines is 1. The molecule has 1 heterocycles. The van der Waals surface area contributed by atoms with E-state index in [4.69, 9.17) is 5.11 Å². The summed E-state index contributed by atoms with van der Waals surface area (Å²) in [5.74, 6) is -1.87. The minimum absolute atomic E-state index is 0.122. The maximum Gasteiger partial charge on any atom is 0.416 e. The van der Waals surface area contributed by atoms with Crippen molar-refractivity contribution >= 4 is 27.6 Å². The summed E-state index contributed by atoms with van der Waals surface area (Å²) in [5.41, 5.74) is -1.03. The molecule has 0 spiro atoms. The van der Waals surface area contributed by atoms with E-state index < -0.39 is 40.2 Å². The Hall–Kier alpha value is -3.08. The number of nitrogens with zero attached hydrogens (tertiary/aromatic N) is 2. The summed E-state index contributed by atoms with van der Waals surface area (Å²) >= 11 is 0. The molecule has 1 aliphatic heterocycles. The Balaban J connectivity index is 2.00. The number of alkyl halides is 3. The van der Waals surface area contributed by atoms with Crippen molar-refractivity contribution in [3.8, 4) is 0 Å². The van der Waals surface area contributed by atoms with Crippen LogP contribution in [0.25, 0.3) is 0 Å². The van der Waals surface area contributed by atoms with Gasteiger partial charge in [-0.05, 0) is 55.5 Å². The van der Waals surface area contributed by atoms with Crippen LogP contribution in [0.2, 0.25) is 0 Å². The molecule has 1 unspecified atom stereocenters. The molecule has 0 radical (unpaired) electrons. The number of carbonyl (C=O) groups is 2. The summed E-state index contributed by atoms with van der Waals surface area (Å²) < 4.78 is 67.8. The molecule has 1 amide bonds. The molecule has 184 valence electrons. The van der Waals surface area contributed by atoms with E-state index in [9.17, 15) is 31.2 Å². The summed E-state index contributed by atoms with van der Waals surface area (Å²) in [5, 5.41) is 9.06. The highest BCUT2D eigenvalue weighted by molar-refractivity contribution is 7.92. The Morgan fingerprint density at radius 1 is 1.15 bits per heavy atom. The van der Waals surface area contributed by atoms with Crippen molar-refractivity contribution in [1.29, 1.82) is 0 Å². The van der Waals surface area contributed by atoms with Crippen molar-refractivity contribution in [3.05, 3.63) is 59.7 Å². The van der Waals surface area contributed by atoms with Crippen LogP contribution in [0.4, 0.5) is 18.9 Å². The van der Waals surface area contributed by atoms with Crippen LogP contribution in [0.5, 0.6) is 0 Å². The molecule has 34 heavy (non-hydrogen) atoms. The average Bonchev–Trinajstić information content (AvgIpc) is 2.77. The van der Waals surface area contributed by atoms with Crippen molar-refractivity contribution in [3.63, 3.8) is 0 Å². The predicted octanol–water partition coefficient (Wildman–Crippen LogP) is 3.92. The molecule has 1 fully saturated rings. The van der Waals surface area contributed by atoms with Crippen molar-refractivity contribution in [2.75, 3.05) is 23.9 Å². The highest BCUT2D eigenvalue weighted by Crippen LogP contribution is 2.35. The number of halogens is 3. The maximum absolute atomic E-state index is 13.5. The first-order valence-electron chi connectivity index (χ1n) is 10.6. The van der Waals surface area contributed by atoms with E-state index in [1.165, 1.54) is 42.2 Å². The third kappa shape index (κ3) is 5.88. The summed E-state index contributed by atoms with van der Waals surface area (Å²) in [7, 11) is -4.38. The van der Waals surface area contributed by atoms with Gasteiger partial charge >= 0.3 is 12.1 Å². The molecular weight excluding hydrogens is 473 g/mol. The van der Waals surface area contributed by atoms with E-state index in [1.54, 1.807) is 6.07 Å². The van der Waals surface area contributed by atoms with Gasteiger partial charge in [-0.25, -0.2) is 8.42 Å². The van der Waals surface area contributed by atoms with Crippen LogP contribution in [0, 0.1) is 12.8 Å². The molecule has 11 heteroatoms. The molecule has 2 aromatic carbocycles. The second-order valence-electron chi connectivity index (χ2n) is 8.27. The topological polar surface area (TPSA) is 95.0 Å². The van der Waals surface area contributed by atoms with Gasteiger partial charge in [0, 0.05) is 19.5 Å². The number of rotatable bonds is 7. The number of hydrogen-bond donors (Lipinski definition) is 1. The third-order valence-electron chi connectivity index (χ3n) is 5.75. The first kappa shape index (κ1) is 25.5. The van der Waals surface area contributed by atoms with Crippen LogP contribution in [0.1, 0.15) is 30.4 Å². The van der Waals surface area contributed by atoms with Gasteiger partial charge in [-0.3, -0.25) is 13.9 Å². The van der Waals surface area contributed by atoms with Crippen molar-refractivity contribution < 1.29 is 36.3 Å². The van der Waals surface area contributed by atoms with Gasteiger partial charge in [-0.2, -0.15) is 13.2 Å². The van der Waals surface area contributed by atoms with Crippen LogP contribution in [-0.4, -0.2) is 49.9 Å². The van der Waals surface area contributed by atoms with Gasteiger partial charge in [0.05, 0.1) is 16.1 Å². The number of benzene rings is 2. The summed E-state index contributed by atoms with van der Waals surface area (Å²) in [6, 6.07) is 9.92. The van der Waals surface area contributed by atoms with Crippen LogP contribution in [-0.2, 0) is 25.8 Å². The van der Waals surface area contributed by atoms with E-state index in [-0.39, 0.29) is 35.0 Å². The molecule has 2 aromatic rings. The number of aryl methyl sites for hydroxylation is 1. The first-order valence-corrected chi connectivity index (χ1v) is 12.1. The second kappa shape index (κ2) is 10.0. The van der Waals surface area contributed by atoms with Crippen molar-refractivity contribution in [2.24, 2.45) is 5.92 Å². The summed E-state index contributed by atoms with van der Waals surface area (Å²) in [6.45, 7) is 1.22. The predicted molar refractivity (Wildman–Crippen MR) is 119 cm³/mol. The van der Waals surface area contributed by atoms with Crippen LogP contribution >= 0.6 is 0 Å². The monoisotopic (exact) mass is 498 g/mol. The number of amides is 1. The number of carboxylic acids is 1. The van der Waals surface area contributed by atoms with Crippen LogP contribution in [0.15, 0.2) is 53.4 Å². The lowest BCUT2D eigenvalue weighted by molar-refractivity contribution is -0.140. The quantitative estimate of drug-likeness (QED) is 0.625. The molecule has 1 atom stereocenters. The lowest BCUT2D eigenvalue weighted by atomic mass is 9.95. The molecule has 3 rings (SSSR count). The lowest BCUT2D eigenvalue weighted by Crippen LogP contribution is -2.47. The molecule has 0 bridgehead atoms. The van der Waals surface area contributed by atoms with Gasteiger partial charge in [0.1, 0.15) is 6.54 Å². The molecule has 0 aliphatic carbocycles. The Labute approximate surface area is 195 Å². The number of carboxylic acid groups (broad SMARTS) is 1. The summed E-state index contributed by atoms with van der Waals surface area (Å²) in [6.07, 6.45) is -3.65. The molecule has 7 nitrogen and oxygen atoms in total. The normalized spacial score (nSPS) is 16.8. The van der Waals surface area contributed by atoms with E-state index in [2.05, 4.69) is 0 Å². The molecule has 0 aromatic heterocycles. The highest BCUT2D eigenvalue weighted by Gasteiger charge is 2.35. The number of piperidine rings is 1. The molecule has 1 saturated heterocycles. The van der Waals surface area contributed by atoms with E-state index in [0.717, 1.165) is 12.1 Å². The summed E-state index contributed by atoms with van der Waals surface area (Å²) in [4.78, 5) is 25.4. The number of carbonyl (C=O) groups excluding carboxylic acids is 1. The Bertz CT molecular complexity index is 1150. The number of likely N-dealkylation sites (tertiary alicyclic amines) is 1. The number of sulfonamides is 1. The number of hydrogen-bond acceptors (Lipinski definition) is 4. The number of aliphatic carboxylic acids is 1. The van der Waals surface area contributed by atoms with E-state index >= 15 is 0 Å². The largest absolute Gasteiger partial charge is 0.481 e. The first-order chi connectivity index (χ1) is 15.9. The van der Waals surface area contributed by atoms with Gasteiger partial charge in [0.25, 0.3) is 10.0 Å². The van der Waals surface area contributed by atoms with E-state index in [0.29, 0.717) is 23.7 Å². The highest BCUT2D eigenvalue weighted by atomic mass is 32.2. The van der Waals surface area contributed by atoms with Gasteiger partial charge in [0.15, 0.2) is 0 Å². The van der Waals surface area contributed by atoms with E-state index in [1.807, 2.05) is 0 Å². The van der Waals surface area contributed by atoms with Crippen LogP contribution in [0.3, 0.4) is 0 Å². The minimum Gasteiger partial charge on any atom is -0.481 e. The standard InChI is InChI=1S/C23H25F3N2O5S/c1-16-9-10-18(23(24,25)26)13-20(16)28(34(32,33)19-7-3-2-4-8-19)15-21(29)27-11-5-6-17(14-27)12-22(30)31/h2-4,7-10,13,17H,5-6,11-12,14-15H2,1H3,(H,30,31). The minimum atomic E-state index is -4.70. The molecule has 1 aliphatic rings. The Morgan fingerprint density at radius 3 is 2.44 bits per heavy atom. The third-order valence-corrected chi connectivity index (χ3v) is 7.52. The van der Waals surface area contributed by atoms with Crippen molar-refractivity contribution in [1.82, 2.24) is 4.90 Å².